The van der Waals surface area contributed by atoms with Crippen molar-refractivity contribution in [3.63, 3.8) is 0 Å². The monoisotopic (exact) mass is 237 g/mol. The second-order valence-corrected chi connectivity index (χ2v) is 4.95. The van der Waals surface area contributed by atoms with Crippen LogP contribution in [0.5, 0.6) is 0 Å². The molecule has 1 heterocycles. The van der Waals surface area contributed by atoms with Crippen molar-refractivity contribution in [1.29, 1.82) is 0 Å². The summed E-state index contributed by atoms with van der Waals surface area (Å²) in [7, 11) is 0. The van der Waals surface area contributed by atoms with Crippen molar-refractivity contribution < 1.29 is 0 Å². The normalized spacial score (nSPS) is 14.9. The molecule has 2 unspecified atom stereocenters. The summed E-state index contributed by atoms with van der Waals surface area (Å²) < 4.78 is 2.18. The maximum atomic E-state index is 4.66. The number of hydrogen-bond donors (Lipinski definition) is 1. The first-order valence-corrected chi connectivity index (χ1v) is 6.78. The van der Waals surface area contributed by atoms with Gasteiger partial charge in [-0.3, -0.25) is 4.68 Å². The number of nitrogens with one attached hydrogen (secondary N) is 1. The molecule has 0 aliphatic heterocycles. The summed E-state index contributed by atoms with van der Waals surface area (Å²) in [5.74, 6) is 0. The molecule has 0 fully saturated rings. The molecule has 2 atom stereocenters. The van der Waals surface area contributed by atoms with Gasteiger partial charge in [0.2, 0.25) is 0 Å². The zero-order valence-corrected chi connectivity index (χ0v) is 12.2. The lowest BCUT2D eigenvalue weighted by Crippen LogP contribution is -2.37. The minimum atomic E-state index is 0.416. The van der Waals surface area contributed by atoms with Gasteiger partial charge in [-0.2, -0.15) is 5.10 Å². The summed E-state index contributed by atoms with van der Waals surface area (Å²) in [6.07, 6.45) is 2.32. The summed E-state index contributed by atoms with van der Waals surface area (Å²) in [5, 5.41) is 8.28. The first-order valence-electron chi connectivity index (χ1n) is 6.78. The van der Waals surface area contributed by atoms with Gasteiger partial charge >= 0.3 is 0 Å². The van der Waals surface area contributed by atoms with E-state index in [0.717, 1.165) is 18.7 Å². The zero-order valence-electron chi connectivity index (χ0n) is 12.2. The predicted octanol–water partition coefficient (Wildman–Crippen LogP) is 3.15. The molecule has 1 N–H and O–H groups in total. The van der Waals surface area contributed by atoms with Crippen LogP contribution in [0.1, 0.15) is 56.6 Å². The fraction of sp³-hybridized carbons (Fsp3) is 0.786. The lowest BCUT2D eigenvalue weighted by molar-refractivity contribution is 0.334. The Kier molecular flexibility index (Phi) is 5.19. The lowest BCUT2D eigenvalue weighted by Gasteiger charge is -2.25. The van der Waals surface area contributed by atoms with Crippen molar-refractivity contribution in [2.75, 3.05) is 6.54 Å². The lowest BCUT2D eigenvalue weighted by atomic mass is 10.1. The van der Waals surface area contributed by atoms with Crippen LogP contribution < -0.4 is 5.32 Å². The van der Waals surface area contributed by atoms with Gasteiger partial charge in [-0.1, -0.05) is 13.8 Å². The Bertz CT molecular complexity index is 355. The van der Waals surface area contributed by atoms with Gasteiger partial charge in [0, 0.05) is 11.7 Å². The van der Waals surface area contributed by atoms with Crippen LogP contribution in [0.25, 0.3) is 0 Å². The summed E-state index contributed by atoms with van der Waals surface area (Å²) in [4.78, 5) is 0. The molecule has 0 spiro atoms. The van der Waals surface area contributed by atoms with Gasteiger partial charge in [-0.05, 0) is 52.6 Å². The van der Waals surface area contributed by atoms with Crippen molar-refractivity contribution >= 4 is 0 Å². The van der Waals surface area contributed by atoms with Crippen LogP contribution in [0.3, 0.4) is 0 Å². The van der Waals surface area contributed by atoms with Crippen molar-refractivity contribution in [2.24, 2.45) is 0 Å². The van der Waals surface area contributed by atoms with E-state index < -0.39 is 0 Å². The summed E-state index contributed by atoms with van der Waals surface area (Å²) >= 11 is 0. The van der Waals surface area contributed by atoms with Crippen molar-refractivity contribution in [2.45, 2.75) is 66.5 Å². The highest BCUT2D eigenvalue weighted by molar-refractivity contribution is 5.22. The van der Waals surface area contributed by atoms with Crippen LogP contribution in [0.4, 0.5) is 0 Å². The van der Waals surface area contributed by atoms with E-state index in [-0.39, 0.29) is 0 Å². The molecule has 0 bridgehead atoms. The molecular weight excluding hydrogens is 210 g/mol. The standard InChI is InChI=1S/C14H27N3/c1-7-9-15-14(8-2)13(6)17-12(5)10(3)11(4)16-17/h13-15H,7-9H2,1-6H3. The van der Waals surface area contributed by atoms with Gasteiger partial charge < -0.3 is 5.32 Å². The van der Waals surface area contributed by atoms with Crippen molar-refractivity contribution in [1.82, 2.24) is 15.1 Å². The molecule has 17 heavy (non-hydrogen) atoms. The van der Waals surface area contributed by atoms with E-state index in [9.17, 15) is 0 Å². The molecule has 3 nitrogen and oxygen atoms in total. The van der Waals surface area contributed by atoms with E-state index in [1.807, 2.05) is 0 Å². The predicted molar refractivity (Wildman–Crippen MR) is 73.5 cm³/mol. The Hall–Kier alpha value is -0.830. The second kappa shape index (κ2) is 6.20. The molecule has 0 saturated carbocycles. The minimum Gasteiger partial charge on any atom is -0.312 e. The van der Waals surface area contributed by atoms with E-state index in [1.54, 1.807) is 0 Å². The topological polar surface area (TPSA) is 29.9 Å². The van der Waals surface area contributed by atoms with Crippen LogP contribution >= 0.6 is 0 Å². The quantitative estimate of drug-likeness (QED) is 0.823. The molecule has 0 amide bonds. The highest BCUT2D eigenvalue weighted by Gasteiger charge is 2.20. The van der Waals surface area contributed by atoms with E-state index in [1.165, 1.54) is 17.7 Å². The smallest absolute Gasteiger partial charge is 0.0647 e. The van der Waals surface area contributed by atoms with E-state index in [4.69, 9.17) is 0 Å². The SMILES string of the molecule is CCCNC(CC)C(C)n1nc(C)c(C)c1C. The molecular formula is C14H27N3. The molecule has 0 saturated heterocycles. The zero-order chi connectivity index (χ0) is 13.0. The number of aromatic nitrogens is 2. The average molecular weight is 237 g/mol. The molecule has 0 aromatic carbocycles. The van der Waals surface area contributed by atoms with E-state index in [2.05, 4.69) is 56.6 Å². The Morgan fingerprint density at radius 2 is 1.88 bits per heavy atom. The second-order valence-electron chi connectivity index (χ2n) is 4.95. The van der Waals surface area contributed by atoms with Crippen LogP contribution in [0, 0.1) is 20.8 Å². The maximum Gasteiger partial charge on any atom is 0.0647 e. The number of aryl methyl sites for hydroxylation is 1. The van der Waals surface area contributed by atoms with Gasteiger partial charge in [0.1, 0.15) is 0 Å². The van der Waals surface area contributed by atoms with Crippen LogP contribution in [0.15, 0.2) is 0 Å². The molecule has 1 aromatic rings. The highest BCUT2D eigenvalue weighted by atomic mass is 15.3. The first kappa shape index (κ1) is 14.2. The van der Waals surface area contributed by atoms with Crippen molar-refractivity contribution in [3.05, 3.63) is 17.0 Å². The van der Waals surface area contributed by atoms with Gasteiger partial charge in [0.05, 0.1) is 11.7 Å². The van der Waals surface area contributed by atoms with E-state index >= 15 is 0 Å². The fourth-order valence-corrected chi connectivity index (χ4v) is 2.30. The molecule has 3 heteroatoms. The van der Waals surface area contributed by atoms with Crippen LogP contribution in [-0.2, 0) is 0 Å². The number of hydrogen-bond acceptors (Lipinski definition) is 2. The number of nitrogens with zero attached hydrogens (tertiary/aromatic N) is 2. The number of rotatable bonds is 6. The Morgan fingerprint density at radius 1 is 1.24 bits per heavy atom. The van der Waals surface area contributed by atoms with Gasteiger partial charge in [-0.15, -0.1) is 0 Å². The minimum absolute atomic E-state index is 0.416. The summed E-state index contributed by atoms with van der Waals surface area (Å²) in [6.45, 7) is 14.2. The van der Waals surface area contributed by atoms with E-state index in [0.29, 0.717) is 12.1 Å². The summed E-state index contributed by atoms with van der Waals surface area (Å²) in [5.41, 5.74) is 3.77. The molecule has 1 rings (SSSR count). The fourth-order valence-electron chi connectivity index (χ4n) is 2.30. The highest BCUT2D eigenvalue weighted by Crippen LogP contribution is 2.20. The third-order valence-corrected chi connectivity index (χ3v) is 3.75. The van der Waals surface area contributed by atoms with Crippen LogP contribution in [0.2, 0.25) is 0 Å². The molecule has 0 aliphatic rings. The largest absolute Gasteiger partial charge is 0.312 e. The molecule has 0 radical (unpaired) electrons. The van der Waals surface area contributed by atoms with Gasteiger partial charge in [0.25, 0.3) is 0 Å². The third-order valence-electron chi connectivity index (χ3n) is 3.75. The van der Waals surface area contributed by atoms with Gasteiger partial charge in [-0.25, -0.2) is 0 Å². The average Bonchev–Trinajstić information content (AvgIpc) is 2.57. The summed E-state index contributed by atoms with van der Waals surface area (Å²) in [6, 6.07) is 0.922. The Morgan fingerprint density at radius 3 is 2.29 bits per heavy atom. The molecule has 0 aliphatic carbocycles. The maximum absolute atomic E-state index is 4.66. The van der Waals surface area contributed by atoms with Crippen molar-refractivity contribution in [3.8, 4) is 0 Å². The Labute approximate surface area is 106 Å². The van der Waals surface area contributed by atoms with Crippen LogP contribution in [-0.4, -0.2) is 22.4 Å². The third kappa shape index (κ3) is 3.09. The first-order chi connectivity index (χ1) is 8.02. The van der Waals surface area contributed by atoms with Gasteiger partial charge in [0.15, 0.2) is 0 Å². The Balaban J connectivity index is 2.85. The molecule has 1 aromatic heterocycles. The molecule has 98 valence electrons.